The first kappa shape index (κ1) is 29.6. The van der Waals surface area contributed by atoms with Crippen LogP contribution in [0.15, 0.2) is 55.9 Å². The van der Waals surface area contributed by atoms with Gasteiger partial charge >= 0.3 is 17.5 Å². The molecule has 190 valence electrons. The molecule has 0 unspecified atom stereocenters. The Morgan fingerprint density at radius 1 is 0.706 bits per heavy atom. The fourth-order valence-corrected chi connectivity index (χ4v) is 4.19. The SMILES string of the molecule is C=CCOC(=O)C(CCCCCCCCCCCCCCC)(C(=O)OCC=C)[n+]1ccccc1. The molecule has 5 heteroatoms. The van der Waals surface area contributed by atoms with Crippen LogP contribution < -0.4 is 4.57 Å². The number of rotatable bonds is 21. The van der Waals surface area contributed by atoms with Gasteiger partial charge in [0.25, 0.3) is 0 Å². The highest BCUT2D eigenvalue weighted by Gasteiger charge is 2.57. The van der Waals surface area contributed by atoms with E-state index in [2.05, 4.69) is 20.1 Å². The van der Waals surface area contributed by atoms with Crippen LogP contribution in [0.1, 0.15) is 96.8 Å². The average molecular weight is 473 g/mol. The van der Waals surface area contributed by atoms with Crippen LogP contribution in [-0.2, 0) is 24.6 Å². The van der Waals surface area contributed by atoms with Gasteiger partial charge in [-0.25, -0.2) is 9.59 Å². The molecule has 0 fully saturated rings. The van der Waals surface area contributed by atoms with Crippen LogP contribution in [0.3, 0.4) is 0 Å². The summed E-state index contributed by atoms with van der Waals surface area (Å²) in [5.74, 6) is -1.23. The van der Waals surface area contributed by atoms with Crippen molar-refractivity contribution in [2.75, 3.05) is 13.2 Å². The summed E-state index contributed by atoms with van der Waals surface area (Å²) >= 11 is 0. The zero-order valence-electron chi connectivity index (χ0n) is 21.3. The molecule has 0 aliphatic carbocycles. The predicted molar refractivity (Wildman–Crippen MR) is 137 cm³/mol. The summed E-state index contributed by atoms with van der Waals surface area (Å²) < 4.78 is 12.4. The number of carbonyl (C=O) groups excluding carboxylic acids is 2. The smallest absolute Gasteiger partial charge is 0.391 e. The largest absolute Gasteiger partial charge is 0.456 e. The molecule has 0 saturated carbocycles. The van der Waals surface area contributed by atoms with Gasteiger partial charge in [-0.2, -0.15) is 4.57 Å². The maximum absolute atomic E-state index is 13.2. The normalized spacial score (nSPS) is 11.1. The molecule has 34 heavy (non-hydrogen) atoms. The number of ether oxygens (including phenoxy) is 2. The van der Waals surface area contributed by atoms with Crippen LogP contribution in [0, 0.1) is 0 Å². The molecule has 5 nitrogen and oxygen atoms in total. The van der Waals surface area contributed by atoms with E-state index in [4.69, 9.17) is 9.47 Å². The lowest BCUT2D eigenvalue weighted by molar-refractivity contribution is -0.738. The standard InChI is InChI=1S/C29H46NO4/c1-4-7-8-9-10-11-12-13-14-15-16-17-19-22-29(27(31)33-25-5-2,28(32)34-26-6-3)30-23-20-18-21-24-30/h5-6,18,20-21,23-24H,2-4,7-17,19,22,25-26H2,1H3/q+1. The third-order valence-electron chi connectivity index (χ3n) is 6.14. The Morgan fingerprint density at radius 2 is 1.12 bits per heavy atom. The number of unbranched alkanes of at least 4 members (excludes halogenated alkanes) is 12. The monoisotopic (exact) mass is 472 g/mol. The number of hydrogen-bond donors (Lipinski definition) is 0. The van der Waals surface area contributed by atoms with Gasteiger partial charge in [0.1, 0.15) is 13.2 Å². The van der Waals surface area contributed by atoms with Crippen molar-refractivity contribution in [3.63, 3.8) is 0 Å². The summed E-state index contributed by atoms with van der Waals surface area (Å²) in [6.07, 6.45) is 22.7. The first-order chi connectivity index (χ1) is 16.6. The summed E-state index contributed by atoms with van der Waals surface area (Å²) in [5.41, 5.74) is -1.55. The molecule has 1 aromatic heterocycles. The van der Waals surface area contributed by atoms with Crippen molar-refractivity contribution in [2.45, 2.75) is 102 Å². The molecule has 1 rings (SSSR count). The van der Waals surface area contributed by atoms with Crippen molar-refractivity contribution in [1.29, 1.82) is 0 Å². The maximum atomic E-state index is 13.2. The molecule has 1 aromatic rings. The van der Waals surface area contributed by atoms with E-state index >= 15 is 0 Å². The van der Waals surface area contributed by atoms with E-state index in [1.807, 2.05) is 6.07 Å². The van der Waals surface area contributed by atoms with Crippen LogP contribution >= 0.6 is 0 Å². The lowest BCUT2D eigenvalue weighted by atomic mass is 9.90. The number of carbonyl (C=O) groups is 2. The third-order valence-corrected chi connectivity index (χ3v) is 6.14. The molecule has 0 amide bonds. The summed E-state index contributed by atoms with van der Waals surface area (Å²) in [7, 11) is 0. The fraction of sp³-hybridized carbons (Fsp3) is 0.621. The molecule has 0 spiro atoms. The molecule has 0 aliphatic rings. The second kappa shape index (κ2) is 18.9. The molecule has 0 radical (unpaired) electrons. The second-order valence-electron chi connectivity index (χ2n) is 8.91. The second-order valence-corrected chi connectivity index (χ2v) is 8.91. The summed E-state index contributed by atoms with van der Waals surface area (Å²) in [6, 6.07) is 5.43. The number of pyridine rings is 1. The van der Waals surface area contributed by atoms with Gasteiger partial charge in [-0.05, 0) is 6.42 Å². The molecule has 1 heterocycles. The van der Waals surface area contributed by atoms with E-state index in [1.165, 1.54) is 76.4 Å². The maximum Gasteiger partial charge on any atom is 0.391 e. The van der Waals surface area contributed by atoms with Crippen molar-refractivity contribution >= 4 is 11.9 Å². The lowest BCUT2D eigenvalue weighted by Gasteiger charge is -2.24. The fourth-order valence-electron chi connectivity index (χ4n) is 4.19. The first-order valence-corrected chi connectivity index (χ1v) is 13.2. The Bertz CT molecular complexity index is 677. The first-order valence-electron chi connectivity index (χ1n) is 13.2. The minimum Gasteiger partial charge on any atom is -0.456 e. The van der Waals surface area contributed by atoms with Crippen LogP contribution in [0.4, 0.5) is 0 Å². The topological polar surface area (TPSA) is 56.5 Å². The van der Waals surface area contributed by atoms with E-state index in [1.54, 1.807) is 29.1 Å². The van der Waals surface area contributed by atoms with Crippen molar-refractivity contribution < 1.29 is 23.6 Å². The number of aromatic nitrogens is 1. The summed E-state index contributed by atoms with van der Waals surface area (Å²) in [5, 5.41) is 0. The Hall–Kier alpha value is -2.43. The van der Waals surface area contributed by atoms with Gasteiger partial charge < -0.3 is 9.47 Å². The third kappa shape index (κ3) is 10.7. The van der Waals surface area contributed by atoms with Crippen molar-refractivity contribution in [3.05, 3.63) is 55.9 Å². The Balaban J connectivity index is 2.59. The molecule has 0 N–H and O–H groups in total. The van der Waals surface area contributed by atoms with Gasteiger partial charge in [-0.3, -0.25) is 0 Å². The lowest BCUT2D eigenvalue weighted by Crippen LogP contribution is -2.66. The highest BCUT2D eigenvalue weighted by atomic mass is 16.6. The minimum atomic E-state index is -1.55. The molecule has 0 atom stereocenters. The van der Waals surface area contributed by atoms with Crippen LogP contribution in [0.5, 0.6) is 0 Å². The Labute approximate surface area is 207 Å². The van der Waals surface area contributed by atoms with E-state index in [9.17, 15) is 9.59 Å². The van der Waals surface area contributed by atoms with E-state index in [-0.39, 0.29) is 13.2 Å². The number of hydrogen-bond acceptors (Lipinski definition) is 4. The molecule has 0 saturated heterocycles. The summed E-state index contributed by atoms with van der Waals surface area (Å²) in [6.45, 7) is 9.55. The zero-order valence-corrected chi connectivity index (χ0v) is 21.3. The highest BCUT2D eigenvalue weighted by molar-refractivity contribution is 6.00. The van der Waals surface area contributed by atoms with Gasteiger partial charge in [0.05, 0.1) is 0 Å². The van der Waals surface area contributed by atoms with Gasteiger partial charge in [0, 0.05) is 18.6 Å². The van der Waals surface area contributed by atoms with Crippen molar-refractivity contribution in [3.8, 4) is 0 Å². The van der Waals surface area contributed by atoms with Gasteiger partial charge in [-0.15, -0.1) is 0 Å². The Morgan fingerprint density at radius 3 is 1.53 bits per heavy atom. The average Bonchev–Trinajstić information content (AvgIpc) is 2.86. The van der Waals surface area contributed by atoms with Crippen molar-refractivity contribution in [1.82, 2.24) is 0 Å². The van der Waals surface area contributed by atoms with Crippen LogP contribution in [0.2, 0.25) is 0 Å². The van der Waals surface area contributed by atoms with E-state index in [0.717, 1.165) is 19.3 Å². The highest BCUT2D eigenvalue weighted by Crippen LogP contribution is 2.24. The number of esters is 2. The minimum absolute atomic E-state index is 0.0430. The Kier molecular flexibility index (Phi) is 16.5. The molecular formula is C29H46NO4+. The van der Waals surface area contributed by atoms with Gasteiger partial charge in [-0.1, -0.05) is 115 Å². The quantitative estimate of drug-likeness (QED) is 0.0664. The molecular weight excluding hydrogens is 426 g/mol. The zero-order chi connectivity index (χ0) is 24.9. The van der Waals surface area contributed by atoms with E-state index < -0.39 is 17.5 Å². The molecule has 0 aliphatic heterocycles. The van der Waals surface area contributed by atoms with E-state index in [0.29, 0.717) is 6.42 Å². The van der Waals surface area contributed by atoms with Gasteiger partial charge in [0.15, 0.2) is 12.4 Å². The van der Waals surface area contributed by atoms with Crippen LogP contribution in [-0.4, -0.2) is 25.2 Å². The predicted octanol–water partition coefficient (Wildman–Crippen LogP) is 6.61. The number of nitrogens with zero attached hydrogens (tertiary/aromatic N) is 1. The van der Waals surface area contributed by atoms with Gasteiger partial charge in [0.2, 0.25) is 0 Å². The molecule has 0 aromatic carbocycles. The van der Waals surface area contributed by atoms with Crippen molar-refractivity contribution in [2.24, 2.45) is 0 Å². The summed E-state index contributed by atoms with van der Waals surface area (Å²) in [4.78, 5) is 26.3. The molecule has 0 bridgehead atoms. The van der Waals surface area contributed by atoms with Crippen LogP contribution in [0.25, 0.3) is 0 Å².